The third kappa shape index (κ3) is 3.87. The van der Waals surface area contributed by atoms with Crippen LogP contribution >= 0.6 is 23.4 Å². The molecule has 0 spiro atoms. The van der Waals surface area contributed by atoms with E-state index in [2.05, 4.69) is 0 Å². The van der Waals surface area contributed by atoms with Crippen LogP contribution in [-0.2, 0) is 6.54 Å². The fourth-order valence-electron chi connectivity index (χ4n) is 1.74. The van der Waals surface area contributed by atoms with Crippen LogP contribution in [0, 0.1) is 21.4 Å². The predicted molar refractivity (Wildman–Crippen MR) is 84.2 cm³/mol. The smallest absolute Gasteiger partial charge is 0.285 e. The molecule has 0 bridgehead atoms. The summed E-state index contributed by atoms with van der Waals surface area (Å²) >= 11 is 7.47. The van der Waals surface area contributed by atoms with Crippen LogP contribution in [0.5, 0.6) is 0 Å². The van der Waals surface area contributed by atoms with E-state index in [9.17, 15) is 14.9 Å². The number of hydrogen-bond acceptors (Lipinski definition) is 5. The van der Waals surface area contributed by atoms with Crippen molar-refractivity contribution in [2.24, 2.45) is 0 Å². The molecule has 1 aromatic carbocycles. The van der Waals surface area contributed by atoms with Crippen molar-refractivity contribution in [1.82, 2.24) is 4.57 Å². The summed E-state index contributed by atoms with van der Waals surface area (Å²) in [5, 5.41) is 19.9. The van der Waals surface area contributed by atoms with Gasteiger partial charge in [-0.15, -0.1) is 11.8 Å². The maximum absolute atomic E-state index is 11.7. The minimum absolute atomic E-state index is 0.124. The third-order valence-electron chi connectivity index (χ3n) is 2.83. The molecule has 6 nitrogen and oxygen atoms in total. The number of halogens is 1. The van der Waals surface area contributed by atoms with Gasteiger partial charge in [0.2, 0.25) is 0 Å². The topological polar surface area (TPSA) is 88.9 Å². The Balaban J connectivity index is 2.05. The number of hydrogen-bond donors (Lipinski definition) is 0. The van der Waals surface area contributed by atoms with E-state index in [1.54, 1.807) is 18.2 Å². The molecule has 0 atom stereocenters. The van der Waals surface area contributed by atoms with Gasteiger partial charge in [0.05, 0.1) is 27.8 Å². The lowest BCUT2D eigenvalue weighted by Crippen LogP contribution is -2.19. The number of aryl methyl sites for hydroxylation is 1. The zero-order valence-electron chi connectivity index (χ0n) is 11.2. The minimum atomic E-state index is -0.541. The summed E-state index contributed by atoms with van der Waals surface area (Å²) in [7, 11) is 0. The number of nitriles is 1. The van der Waals surface area contributed by atoms with E-state index >= 15 is 0 Å². The molecule has 0 fully saturated rings. The molecule has 1 aromatic heterocycles. The lowest BCUT2D eigenvalue weighted by Gasteiger charge is -2.06. The molecule has 0 aliphatic rings. The zero-order valence-corrected chi connectivity index (χ0v) is 12.8. The molecule has 2 rings (SSSR count). The lowest BCUT2D eigenvalue weighted by atomic mass is 10.2. The highest BCUT2D eigenvalue weighted by Gasteiger charge is 2.08. The normalized spacial score (nSPS) is 10.2. The second kappa shape index (κ2) is 7.11. The van der Waals surface area contributed by atoms with Crippen molar-refractivity contribution in [3.8, 4) is 6.07 Å². The maximum atomic E-state index is 11.7. The highest BCUT2D eigenvalue weighted by Crippen LogP contribution is 2.28. The molecule has 8 heteroatoms. The van der Waals surface area contributed by atoms with Gasteiger partial charge in [0.1, 0.15) is 0 Å². The van der Waals surface area contributed by atoms with Crippen molar-refractivity contribution in [2.75, 3.05) is 5.75 Å². The zero-order chi connectivity index (χ0) is 16.1. The quantitative estimate of drug-likeness (QED) is 0.476. The molecule has 0 N–H and O–H groups in total. The van der Waals surface area contributed by atoms with Crippen molar-refractivity contribution in [3.63, 3.8) is 0 Å². The van der Waals surface area contributed by atoms with Gasteiger partial charge in [-0.1, -0.05) is 11.6 Å². The molecule has 0 unspecified atom stereocenters. The molecule has 0 radical (unpaired) electrons. The Morgan fingerprint density at radius 2 is 2.14 bits per heavy atom. The first kappa shape index (κ1) is 16.1. The Hall–Kier alpha value is -2.30. The fourth-order valence-corrected chi connectivity index (χ4v) is 2.96. The largest absolute Gasteiger partial charge is 0.308 e. The van der Waals surface area contributed by atoms with Crippen LogP contribution in [-0.4, -0.2) is 15.2 Å². The van der Waals surface area contributed by atoms with Crippen LogP contribution < -0.4 is 5.56 Å². The molecule has 2 aromatic rings. The number of thioether (sulfide) groups is 1. The molecule has 1 heterocycles. The second-order valence-corrected chi connectivity index (χ2v) is 5.83. The van der Waals surface area contributed by atoms with Crippen molar-refractivity contribution in [3.05, 3.63) is 67.6 Å². The van der Waals surface area contributed by atoms with Gasteiger partial charge in [0.25, 0.3) is 11.2 Å². The van der Waals surface area contributed by atoms with Gasteiger partial charge in [-0.2, -0.15) is 5.26 Å². The number of nitrogens with zero attached hydrogens (tertiary/aromatic N) is 3. The molecule has 0 aliphatic heterocycles. The van der Waals surface area contributed by atoms with Crippen molar-refractivity contribution >= 4 is 29.1 Å². The number of rotatable bonds is 5. The Morgan fingerprint density at radius 1 is 1.36 bits per heavy atom. The van der Waals surface area contributed by atoms with Gasteiger partial charge < -0.3 is 4.57 Å². The van der Waals surface area contributed by atoms with E-state index in [1.807, 2.05) is 6.07 Å². The highest BCUT2D eigenvalue weighted by molar-refractivity contribution is 7.99. The summed E-state index contributed by atoms with van der Waals surface area (Å²) in [6, 6.07) is 9.33. The number of pyridine rings is 1. The van der Waals surface area contributed by atoms with Crippen LogP contribution in [0.1, 0.15) is 5.56 Å². The first-order chi connectivity index (χ1) is 10.5. The molecule has 0 saturated carbocycles. The number of benzene rings is 1. The summed E-state index contributed by atoms with van der Waals surface area (Å²) in [4.78, 5) is 22.6. The number of nitro groups is 1. The molecular weight excluding hydrogens is 326 g/mol. The average Bonchev–Trinajstić information content (AvgIpc) is 2.50. The van der Waals surface area contributed by atoms with Gasteiger partial charge in [-0.3, -0.25) is 14.9 Å². The molecule has 112 valence electrons. The first-order valence-electron chi connectivity index (χ1n) is 6.18. The first-order valence-corrected chi connectivity index (χ1v) is 7.55. The van der Waals surface area contributed by atoms with Gasteiger partial charge in [-0.05, 0) is 18.2 Å². The highest BCUT2D eigenvalue weighted by atomic mass is 35.5. The van der Waals surface area contributed by atoms with Gasteiger partial charge in [0, 0.05) is 29.3 Å². The number of aromatic nitrogens is 1. The summed E-state index contributed by atoms with van der Waals surface area (Å²) in [5.74, 6) is 0.521. The van der Waals surface area contributed by atoms with Gasteiger partial charge >= 0.3 is 0 Å². The van der Waals surface area contributed by atoms with Crippen molar-refractivity contribution in [1.29, 1.82) is 5.26 Å². The molecular formula is C14H10ClN3O3S. The Kier molecular flexibility index (Phi) is 5.20. The van der Waals surface area contributed by atoms with E-state index < -0.39 is 4.92 Å². The van der Waals surface area contributed by atoms with Gasteiger partial charge in [0.15, 0.2) is 0 Å². The summed E-state index contributed by atoms with van der Waals surface area (Å²) in [6.07, 6.45) is 1.23. The Morgan fingerprint density at radius 3 is 2.77 bits per heavy atom. The fraction of sp³-hybridized carbons (Fsp3) is 0.143. The summed E-state index contributed by atoms with van der Waals surface area (Å²) in [6.45, 7) is 0.321. The third-order valence-corrected chi connectivity index (χ3v) is 4.31. The van der Waals surface area contributed by atoms with E-state index in [0.717, 1.165) is 4.90 Å². The van der Waals surface area contributed by atoms with E-state index in [-0.39, 0.29) is 11.2 Å². The lowest BCUT2D eigenvalue weighted by molar-refractivity contribution is -0.385. The summed E-state index contributed by atoms with van der Waals surface area (Å²) in [5.41, 5.74) is 0.0578. The Bertz CT molecular complexity index is 814. The van der Waals surface area contributed by atoms with E-state index in [1.165, 1.54) is 34.7 Å². The van der Waals surface area contributed by atoms with Crippen LogP contribution in [0.3, 0.4) is 0 Å². The molecule has 0 amide bonds. The Labute approximate surface area is 135 Å². The minimum Gasteiger partial charge on any atom is -0.308 e. The van der Waals surface area contributed by atoms with E-state index in [0.29, 0.717) is 22.9 Å². The molecule has 0 aliphatic carbocycles. The molecule has 22 heavy (non-hydrogen) atoms. The predicted octanol–water partition coefficient (Wildman–Crippen LogP) is 3.07. The molecule has 0 saturated heterocycles. The standard InChI is InChI=1S/C14H10ClN3O3S/c15-12-7-10(8-16)1-3-13(12)22-6-5-17-9-11(18(20)21)2-4-14(17)19/h1-4,7,9H,5-6H2. The van der Waals surface area contributed by atoms with Crippen LogP contribution in [0.25, 0.3) is 0 Å². The second-order valence-electron chi connectivity index (χ2n) is 4.28. The van der Waals surface area contributed by atoms with Crippen molar-refractivity contribution < 1.29 is 4.92 Å². The van der Waals surface area contributed by atoms with Gasteiger partial charge in [-0.25, -0.2) is 0 Å². The SMILES string of the molecule is N#Cc1ccc(SCCn2cc([N+](=O)[O-])ccc2=O)c(Cl)c1. The summed E-state index contributed by atoms with van der Waals surface area (Å²) < 4.78 is 1.29. The van der Waals surface area contributed by atoms with Crippen LogP contribution in [0.2, 0.25) is 5.02 Å². The average molecular weight is 336 g/mol. The van der Waals surface area contributed by atoms with Crippen LogP contribution in [0.4, 0.5) is 5.69 Å². The monoisotopic (exact) mass is 335 g/mol. The van der Waals surface area contributed by atoms with Crippen LogP contribution in [0.15, 0.2) is 46.2 Å². The van der Waals surface area contributed by atoms with E-state index in [4.69, 9.17) is 16.9 Å². The van der Waals surface area contributed by atoms with Crippen molar-refractivity contribution in [2.45, 2.75) is 11.4 Å². The maximum Gasteiger partial charge on any atom is 0.285 e.